The molecule has 8 nitrogen and oxygen atoms in total. The summed E-state index contributed by atoms with van der Waals surface area (Å²) in [6.45, 7) is 7.21. The van der Waals surface area contributed by atoms with Crippen molar-refractivity contribution >= 4 is 6.03 Å². The molecule has 0 bridgehead atoms. The number of likely N-dealkylation sites (tertiary alicyclic amines) is 1. The maximum Gasteiger partial charge on any atom is 0.317 e. The van der Waals surface area contributed by atoms with Crippen LogP contribution in [-0.4, -0.2) is 60.4 Å². The molecule has 1 unspecified atom stereocenters. The number of ether oxygens (including phenoxy) is 3. The molecule has 2 aromatic rings. The Bertz CT molecular complexity index is 965. The Balaban J connectivity index is 1.41. The molecule has 0 aliphatic carbocycles. The molecule has 1 saturated heterocycles. The van der Waals surface area contributed by atoms with Crippen LogP contribution < -0.4 is 14.8 Å². The quantitative estimate of drug-likeness (QED) is 0.719. The van der Waals surface area contributed by atoms with E-state index in [2.05, 4.69) is 19.2 Å². The molecule has 1 fully saturated rings. The SMILES string of the molecule is COc1cccc(CNC(=O)N2CCCC(Oc3nc(C(C)C)nc4c3CCOCC4)C2)c1. The van der Waals surface area contributed by atoms with Crippen molar-refractivity contribution in [3.05, 3.63) is 46.9 Å². The van der Waals surface area contributed by atoms with Gasteiger partial charge in [0.05, 0.1) is 32.6 Å². The predicted molar refractivity (Wildman–Crippen MR) is 125 cm³/mol. The molecule has 33 heavy (non-hydrogen) atoms. The summed E-state index contributed by atoms with van der Waals surface area (Å²) in [6.07, 6.45) is 3.22. The van der Waals surface area contributed by atoms with Crippen molar-refractivity contribution in [1.29, 1.82) is 0 Å². The maximum atomic E-state index is 12.8. The molecule has 0 radical (unpaired) electrons. The third-order valence-corrected chi connectivity index (χ3v) is 6.09. The minimum atomic E-state index is -0.0931. The lowest BCUT2D eigenvalue weighted by atomic mass is 10.1. The number of piperidine rings is 1. The highest BCUT2D eigenvalue weighted by molar-refractivity contribution is 5.74. The van der Waals surface area contributed by atoms with Gasteiger partial charge < -0.3 is 24.4 Å². The molecule has 2 aliphatic rings. The van der Waals surface area contributed by atoms with Gasteiger partial charge in [0.2, 0.25) is 5.88 Å². The molecular weight excluding hydrogens is 420 g/mol. The van der Waals surface area contributed by atoms with Crippen LogP contribution in [0, 0.1) is 0 Å². The molecular formula is C25H34N4O4. The summed E-state index contributed by atoms with van der Waals surface area (Å²) < 4.78 is 17.3. The Kier molecular flexibility index (Phi) is 7.65. The first kappa shape index (κ1) is 23.3. The van der Waals surface area contributed by atoms with Gasteiger partial charge in [0.1, 0.15) is 17.7 Å². The normalized spacial score (nSPS) is 18.4. The van der Waals surface area contributed by atoms with Crippen LogP contribution in [0.4, 0.5) is 4.79 Å². The van der Waals surface area contributed by atoms with E-state index < -0.39 is 0 Å². The molecule has 178 valence electrons. The van der Waals surface area contributed by atoms with Crippen LogP contribution in [0.2, 0.25) is 0 Å². The number of aromatic nitrogens is 2. The van der Waals surface area contributed by atoms with E-state index in [1.54, 1.807) is 7.11 Å². The largest absolute Gasteiger partial charge is 0.497 e. The third kappa shape index (κ3) is 5.93. The zero-order valence-corrected chi connectivity index (χ0v) is 19.8. The third-order valence-electron chi connectivity index (χ3n) is 6.09. The first-order valence-corrected chi connectivity index (χ1v) is 11.8. The summed E-state index contributed by atoms with van der Waals surface area (Å²) in [6, 6.07) is 7.64. The number of nitrogens with zero attached hydrogens (tertiary/aromatic N) is 3. The second-order valence-electron chi connectivity index (χ2n) is 8.92. The van der Waals surface area contributed by atoms with Gasteiger partial charge >= 0.3 is 6.03 Å². The Morgan fingerprint density at radius 1 is 1.27 bits per heavy atom. The van der Waals surface area contributed by atoms with Gasteiger partial charge in [-0.15, -0.1) is 0 Å². The number of carbonyl (C=O) groups is 1. The second-order valence-corrected chi connectivity index (χ2v) is 8.92. The number of benzene rings is 1. The van der Waals surface area contributed by atoms with E-state index in [0.717, 1.165) is 60.6 Å². The monoisotopic (exact) mass is 454 g/mol. The number of rotatable bonds is 6. The lowest BCUT2D eigenvalue weighted by Gasteiger charge is -2.33. The number of urea groups is 1. The molecule has 1 aromatic heterocycles. The molecule has 1 aromatic carbocycles. The van der Waals surface area contributed by atoms with Gasteiger partial charge in [-0.05, 0) is 30.5 Å². The van der Waals surface area contributed by atoms with Crippen LogP contribution in [0.3, 0.4) is 0 Å². The van der Waals surface area contributed by atoms with Crippen molar-refractivity contribution in [2.45, 2.75) is 58.1 Å². The molecule has 3 heterocycles. The van der Waals surface area contributed by atoms with Gasteiger partial charge in [-0.25, -0.2) is 9.78 Å². The number of hydrogen-bond donors (Lipinski definition) is 1. The summed E-state index contributed by atoms with van der Waals surface area (Å²) in [5, 5.41) is 3.02. The van der Waals surface area contributed by atoms with E-state index in [4.69, 9.17) is 24.2 Å². The molecule has 8 heteroatoms. The number of carbonyl (C=O) groups excluding carboxylic acids is 1. The van der Waals surface area contributed by atoms with E-state index in [-0.39, 0.29) is 18.1 Å². The molecule has 0 saturated carbocycles. The van der Waals surface area contributed by atoms with Gasteiger partial charge in [0, 0.05) is 37.4 Å². The number of amides is 2. The van der Waals surface area contributed by atoms with Crippen LogP contribution in [0.5, 0.6) is 11.6 Å². The number of fused-ring (bicyclic) bond motifs is 1. The Morgan fingerprint density at radius 3 is 2.94 bits per heavy atom. The molecule has 0 spiro atoms. The van der Waals surface area contributed by atoms with E-state index in [1.807, 2.05) is 29.2 Å². The van der Waals surface area contributed by atoms with E-state index in [0.29, 0.717) is 32.2 Å². The van der Waals surface area contributed by atoms with E-state index >= 15 is 0 Å². The number of methoxy groups -OCH3 is 1. The van der Waals surface area contributed by atoms with Crippen molar-refractivity contribution in [3.63, 3.8) is 0 Å². The smallest absolute Gasteiger partial charge is 0.317 e. The van der Waals surface area contributed by atoms with Gasteiger partial charge in [-0.1, -0.05) is 26.0 Å². The maximum absolute atomic E-state index is 12.8. The fourth-order valence-corrected chi connectivity index (χ4v) is 4.23. The summed E-state index contributed by atoms with van der Waals surface area (Å²) in [5.41, 5.74) is 3.08. The molecule has 2 aliphatic heterocycles. The predicted octanol–water partition coefficient (Wildman–Crippen LogP) is 3.48. The summed E-state index contributed by atoms with van der Waals surface area (Å²) >= 11 is 0. The highest BCUT2D eigenvalue weighted by atomic mass is 16.5. The molecule has 1 atom stereocenters. The Hall–Kier alpha value is -2.87. The van der Waals surface area contributed by atoms with Crippen LogP contribution in [0.15, 0.2) is 24.3 Å². The van der Waals surface area contributed by atoms with Crippen molar-refractivity contribution in [1.82, 2.24) is 20.2 Å². The number of hydrogen-bond acceptors (Lipinski definition) is 6. The zero-order valence-electron chi connectivity index (χ0n) is 19.8. The average molecular weight is 455 g/mol. The van der Waals surface area contributed by atoms with E-state index in [9.17, 15) is 4.79 Å². The highest BCUT2D eigenvalue weighted by Crippen LogP contribution is 2.27. The molecule has 4 rings (SSSR count). The summed E-state index contributed by atoms with van der Waals surface area (Å²) in [4.78, 5) is 24.2. The molecule has 2 amide bonds. The van der Waals surface area contributed by atoms with Gasteiger partial charge in [0.25, 0.3) is 0 Å². The van der Waals surface area contributed by atoms with Crippen LogP contribution in [0.25, 0.3) is 0 Å². The minimum absolute atomic E-state index is 0.0797. The standard InChI is InChI=1S/C25H34N4O4/c1-17(2)23-27-22-10-13-32-12-9-21(22)24(28-23)33-20-8-5-11-29(16-20)25(30)26-15-18-6-4-7-19(14-18)31-3/h4,6-7,14,17,20H,5,8-13,15-16H2,1-3H3,(H,26,30). The lowest BCUT2D eigenvalue weighted by Crippen LogP contribution is -2.48. The fraction of sp³-hybridized carbons (Fsp3) is 0.560. The highest BCUT2D eigenvalue weighted by Gasteiger charge is 2.27. The summed E-state index contributed by atoms with van der Waals surface area (Å²) in [7, 11) is 1.64. The zero-order chi connectivity index (χ0) is 23.2. The van der Waals surface area contributed by atoms with Crippen molar-refractivity contribution < 1.29 is 19.0 Å². The van der Waals surface area contributed by atoms with Crippen LogP contribution in [0.1, 0.15) is 55.3 Å². The Morgan fingerprint density at radius 2 is 2.12 bits per heavy atom. The van der Waals surface area contributed by atoms with E-state index in [1.165, 1.54) is 0 Å². The first-order chi connectivity index (χ1) is 16.0. The number of nitrogens with one attached hydrogen (secondary N) is 1. The first-order valence-electron chi connectivity index (χ1n) is 11.8. The van der Waals surface area contributed by atoms with Crippen molar-refractivity contribution in [2.75, 3.05) is 33.4 Å². The van der Waals surface area contributed by atoms with Gasteiger partial charge in [-0.2, -0.15) is 4.98 Å². The van der Waals surface area contributed by atoms with Crippen molar-refractivity contribution in [2.24, 2.45) is 0 Å². The van der Waals surface area contributed by atoms with Crippen LogP contribution >= 0.6 is 0 Å². The topological polar surface area (TPSA) is 85.8 Å². The van der Waals surface area contributed by atoms with Gasteiger partial charge in [0.15, 0.2) is 0 Å². The second kappa shape index (κ2) is 10.8. The fourth-order valence-electron chi connectivity index (χ4n) is 4.23. The summed E-state index contributed by atoms with van der Waals surface area (Å²) in [5.74, 6) is 2.46. The molecule has 1 N–H and O–H groups in total. The van der Waals surface area contributed by atoms with Crippen molar-refractivity contribution in [3.8, 4) is 11.6 Å². The average Bonchev–Trinajstić information content (AvgIpc) is 3.08. The van der Waals surface area contributed by atoms with Crippen LogP contribution in [-0.2, 0) is 24.1 Å². The lowest BCUT2D eigenvalue weighted by molar-refractivity contribution is 0.0959. The van der Waals surface area contributed by atoms with Gasteiger partial charge in [-0.3, -0.25) is 0 Å². The Labute approximate surface area is 195 Å². The minimum Gasteiger partial charge on any atom is -0.497 e.